The molecule has 3 aromatic rings. The van der Waals surface area contributed by atoms with Crippen LogP contribution in [0.2, 0.25) is 0 Å². The van der Waals surface area contributed by atoms with Crippen molar-refractivity contribution in [3.8, 4) is 5.75 Å². The lowest BCUT2D eigenvalue weighted by molar-refractivity contribution is -0.122. The third-order valence-corrected chi connectivity index (χ3v) is 4.54. The molecule has 0 saturated carbocycles. The van der Waals surface area contributed by atoms with Gasteiger partial charge in [-0.2, -0.15) is 0 Å². The van der Waals surface area contributed by atoms with E-state index in [2.05, 4.69) is 21.7 Å². The topological polar surface area (TPSA) is 79.1 Å². The normalized spacial score (nSPS) is 11.0. The zero-order valence-electron chi connectivity index (χ0n) is 18.1. The first-order chi connectivity index (χ1) is 14.6. The van der Waals surface area contributed by atoms with Gasteiger partial charge in [0.15, 0.2) is 12.6 Å². The van der Waals surface area contributed by atoms with E-state index in [0.717, 1.165) is 28.3 Å². The van der Waals surface area contributed by atoms with Gasteiger partial charge >= 0.3 is 0 Å². The Hall–Kier alpha value is -2.75. The molecule has 0 unspecified atom stereocenters. The SMILES string of the molecule is CCNC(=O)COc1cccc(CNC(=NC)N(C)Cc2cc3ccccc3o2)c1.I. The molecule has 8 heteroatoms. The molecule has 0 spiro atoms. The van der Waals surface area contributed by atoms with Crippen LogP contribution in [0.25, 0.3) is 11.0 Å². The average molecular weight is 536 g/mol. The first-order valence-electron chi connectivity index (χ1n) is 9.96. The number of hydrogen-bond acceptors (Lipinski definition) is 4. The van der Waals surface area contributed by atoms with Crippen LogP contribution < -0.4 is 15.4 Å². The minimum atomic E-state index is -0.131. The van der Waals surface area contributed by atoms with Crippen LogP contribution in [0.1, 0.15) is 18.2 Å². The van der Waals surface area contributed by atoms with Crippen molar-refractivity contribution in [2.75, 3.05) is 27.2 Å². The number of likely N-dealkylation sites (N-methyl/N-ethyl adjacent to an activating group) is 1. The number of fused-ring (bicyclic) bond motifs is 1. The van der Waals surface area contributed by atoms with E-state index in [0.29, 0.717) is 25.4 Å². The Morgan fingerprint density at radius 1 is 1.13 bits per heavy atom. The second kappa shape index (κ2) is 12.2. The highest BCUT2D eigenvalue weighted by atomic mass is 127. The summed E-state index contributed by atoms with van der Waals surface area (Å²) in [4.78, 5) is 17.9. The number of aliphatic imine (C=N–C) groups is 1. The van der Waals surface area contributed by atoms with Crippen molar-refractivity contribution in [3.63, 3.8) is 0 Å². The summed E-state index contributed by atoms with van der Waals surface area (Å²) in [5.41, 5.74) is 1.91. The Balaban J connectivity index is 0.00000341. The highest BCUT2D eigenvalue weighted by molar-refractivity contribution is 14.0. The van der Waals surface area contributed by atoms with Gasteiger partial charge in [0.1, 0.15) is 17.1 Å². The summed E-state index contributed by atoms with van der Waals surface area (Å²) in [6.07, 6.45) is 0. The van der Waals surface area contributed by atoms with Crippen LogP contribution in [0, 0.1) is 0 Å². The van der Waals surface area contributed by atoms with Gasteiger partial charge in [-0.3, -0.25) is 9.79 Å². The fourth-order valence-electron chi connectivity index (χ4n) is 3.13. The number of carbonyl (C=O) groups is 1. The number of ether oxygens (including phenoxy) is 1. The first kappa shape index (κ1) is 24.5. The lowest BCUT2D eigenvalue weighted by atomic mass is 10.2. The quantitative estimate of drug-likeness (QED) is 0.261. The van der Waals surface area contributed by atoms with E-state index in [4.69, 9.17) is 9.15 Å². The molecule has 0 radical (unpaired) electrons. The molecule has 2 N–H and O–H groups in total. The van der Waals surface area contributed by atoms with Gasteiger partial charge in [-0.1, -0.05) is 30.3 Å². The van der Waals surface area contributed by atoms with Crippen LogP contribution in [0.15, 0.2) is 64.0 Å². The molecule has 7 nitrogen and oxygen atoms in total. The Morgan fingerprint density at radius 2 is 1.94 bits per heavy atom. The molecular weight excluding hydrogens is 507 g/mol. The molecule has 1 heterocycles. The third-order valence-electron chi connectivity index (χ3n) is 4.54. The number of guanidine groups is 1. The number of carbonyl (C=O) groups excluding carboxylic acids is 1. The highest BCUT2D eigenvalue weighted by Gasteiger charge is 2.10. The number of para-hydroxylation sites is 1. The largest absolute Gasteiger partial charge is 0.484 e. The molecule has 0 fully saturated rings. The van der Waals surface area contributed by atoms with E-state index in [1.807, 2.05) is 67.4 Å². The molecular formula is C23H29IN4O3. The second-order valence-electron chi connectivity index (χ2n) is 6.90. The zero-order chi connectivity index (χ0) is 21.3. The number of furan rings is 1. The van der Waals surface area contributed by atoms with Crippen molar-refractivity contribution in [1.82, 2.24) is 15.5 Å². The van der Waals surface area contributed by atoms with Crippen LogP contribution in [0.4, 0.5) is 0 Å². The fourth-order valence-corrected chi connectivity index (χ4v) is 3.13. The summed E-state index contributed by atoms with van der Waals surface area (Å²) in [6, 6.07) is 17.7. The summed E-state index contributed by atoms with van der Waals surface area (Å²) in [5.74, 6) is 2.16. The maximum atomic E-state index is 11.6. The monoisotopic (exact) mass is 536 g/mol. The molecule has 0 bridgehead atoms. The van der Waals surface area contributed by atoms with E-state index in [1.54, 1.807) is 7.05 Å². The van der Waals surface area contributed by atoms with Crippen molar-refractivity contribution in [3.05, 3.63) is 65.9 Å². The lowest BCUT2D eigenvalue weighted by Crippen LogP contribution is -2.37. The third kappa shape index (κ3) is 7.16. The first-order valence-corrected chi connectivity index (χ1v) is 9.96. The van der Waals surface area contributed by atoms with E-state index >= 15 is 0 Å². The van der Waals surface area contributed by atoms with Gasteiger partial charge < -0.3 is 24.7 Å². The zero-order valence-corrected chi connectivity index (χ0v) is 20.4. The van der Waals surface area contributed by atoms with Gasteiger partial charge in [0, 0.05) is 32.6 Å². The van der Waals surface area contributed by atoms with E-state index in [9.17, 15) is 4.79 Å². The van der Waals surface area contributed by atoms with Crippen molar-refractivity contribution in [2.45, 2.75) is 20.0 Å². The number of halogens is 1. The molecule has 1 aromatic heterocycles. The number of hydrogen-bond donors (Lipinski definition) is 2. The number of nitrogens with zero attached hydrogens (tertiary/aromatic N) is 2. The van der Waals surface area contributed by atoms with Crippen LogP contribution in [0.5, 0.6) is 5.75 Å². The molecule has 31 heavy (non-hydrogen) atoms. The average Bonchev–Trinajstić information content (AvgIpc) is 3.15. The van der Waals surface area contributed by atoms with Gasteiger partial charge in [-0.15, -0.1) is 24.0 Å². The fraction of sp³-hybridized carbons (Fsp3) is 0.304. The Labute approximate surface area is 199 Å². The number of rotatable bonds is 8. The van der Waals surface area contributed by atoms with E-state index in [-0.39, 0.29) is 36.5 Å². The van der Waals surface area contributed by atoms with Crippen molar-refractivity contribution in [2.24, 2.45) is 4.99 Å². The highest BCUT2D eigenvalue weighted by Crippen LogP contribution is 2.19. The van der Waals surface area contributed by atoms with Crippen LogP contribution >= 0.6 is 24.0 Å². The lowest BCUT2D eigenvalue weighted by Gasteiger charge is -2.21. The molecule has 166 valence electrons. The molecule has 0 aliphatic carbocycles. The van der Waals surface area contributed by atoms with Crippen LogP contribution in [-0.4, -0.2) is 44.0 Å². The minimum absolute atomic E-state index is 0. The molecule has 0 aliphatic heterocycles. The molecule has 1 amide bonds. The van der Waals surface area contributed by atoms with Gasteiger partial charge in [-0.25, -0.2) is 0 Å². The Morgan fingerprint density at radius 3 is 2.68 bits per heavy atom. The molecule has 2 aromatic carbocycles. The summed E-state index contributed by atoms with van der Waals surface area (Å²) < 4.78 is 11.5. The number of nitrogens with one attached hydrogen (secondary N) is 2. The number of amides is 1. The Kier molecular flexibility index (Phi) is 9.64. The molecule has 0 aliphatic rings. The summed E-state index contributed by atoms with van der Waals surface area (Å²) >= 11 is 0. The van der Waals surface area contributed by atoms with Crippen LogP contribution in [0.3, 0.4) is 0 Å². The smallest absolute Gasteiger partial charge is 0.257 e. The van der Waals surface area contributed by atoms with Crippen LogP contribution in [-0.2, 0) is 17.9 Å². The minimum Gasteiger partial charge on any atom is -0.484 e. The van der Waals surface area contributed by atoms with Gasteiger partial charge in [0.2, 0.25) is 0 Å². The van der Waals surface area contributed by atoms with E-state index < -0.39 is 0 Å². The summed E-state index contributed by atoms with van der Waals surface area (Å²) in [6.45, 7) is 3.65. The predicted molar refractivity (Wildman–Crippen MR) is 134 cm³/mol. The molecule has 0 saturated heterocycles. The summed E-state index contributed by atoms with van der Waals surface area (Å²) in [5, 5.41) is 7.16. The summed E-state index contributed by atoms with van der Waals surface area (Å²) in [7, 11) is 3.72. The molecule has 3 rings (SSSR count). The predicted octanol–water partition coefficient (Wildman–Crippen LogP) is 3.77. The number of benzene rings is 2. The van der Waals surface area contributed by atoms with Gasteiger partial charge in [0.25, 0.3) is 5.91 Å². The molecule has 0 atom stereocenters. The maximum Gasteiger partial charge on any atom is 0.257 e. The van der Waals surface area contributed by atoms with Gasteiger partial charge in [0.05, 0.1) is 6.54 Å². The van der Waals surface area contributed by atoms with Crippen molar-refractivity contribution < 1.29 is 13.9 Å². The van der Waals surface area contributed by atoms with Gasteiger partial charge in [-0.05, 0) is 36.8 Å². The van der Waals surface area contributed by atoms with Crippen molar-refractivity contribution >= 4 is 46.8 Å². The Bertz CT molecular complexity index is 986. The van der Waals surface area contributed by atoms with Crippen molar-refractivity contribution in [1.29, 1.82) is 0 Å². The van der Waals surface area contributed by atoms with E-state index in [1.165, 1.54) is 0 Å². The maximum absolute atomic E-state index is 11.6. The second-order valence-corrected chi connectivity index (χ2v) is 6.90. The standard InChI is InChI=1S/C23H28N4O3.HI/c1-4-25-22(28)16-29-19-10-7-8-17(12-19)14-26-23(24-2)27(3)15-20-13-18-9-5-6-11-21(18)30-20;/h5-13H,4,14-16H2,1-3H3,(H,24,26)(H,25,28);1H.